The molecule has 4 rings (SSSR count). The zero-order chi connectivity index (χ0) is 22.9. The standard InChI is InChI=1S/C29H23ClO3/c30-26-15-13-25(14-16-26)27(31)17-11-22-12-18-28(32-20-23-7-3-1-4-8-23)29(19-22)33-21-24-9-5-2-6-10-24/h1-19H,20-21H2. The average molecular weight is 455 g/mol. The van der Waals surface area contributed by atoms with Crippen LogP contribution in [0.1, 0.15) is 27.0 Å². The molecule has 0 atom stereocenters. The van der Waals surface area contributed by atoms with E-state index in [0.29, 0.717) is 35.3 Å². The number of hydrogen-bond donors (Lipinski definition) is 0. The van der Waals surface area contributed by atoms with Gasteiger partial charge in [-0.1, -0.05) is 84.4 Å². The molecule has 0 saturated heterocycles. The van der Waals surface area contributed by atoms with E-state index >= 15 is 0 Å². The summed E-state index contributed by atoms with van der Waals surface area (Å²) in [6, 6.07) is 32.4. The summed E-state index contributed by atoms with van der Waals surface area (Å²) < 4.78 is 12.1. The number of ketones is 1. The van der Waals surface area contributed by atoms with Gasteiger partial charge in [-0.25, -0.2) is 0 Å². The summed E-state index contributed by atoms with van der Waals surface area (Å²) in [5.74, 6) is 1.18. The lowest BCUT2D eigenvalue weighted by atomic mass is 10.1. The zero-order valence-corrected chi connectivity index (χ0v) is 18.7. The Morgan fingerprint density at radius 1 is 0.697 bits per heavy atom. The van der Waals surface area contributed by atoms with E-state index in [-0.39, 0.29) is 5.78 Å². The molecule has 0 saturated carbocycles. The fourth-order valence-corrected chi connectivity index (χ4v) is 3.34. The van der Waals surface area contributed by atoms with Gasteiger partial charge in [-0.05, 0) is 59.2 Å². The van der Waals surface area contributed by atoms with Crippen molar-refractivity contribution >= 4 is 23.5 Å². The first-order chi connectivity index (χ1) is 16.2. The summed E-state index contributed by atoms with van der Waals surface area (Å²) in [4.78, 5) is 12.5. The number of rotatable bonds is 9. The topological polar surface area (TPSA) is 35.5 Å². The summed E-state index contributed by atoms with van der Waals surface area (Å²) in [5, 5.41) is 0.599. The molecule has 0 unspecified atom stereocenters. The SMILES string of the molecule is O=C(C=Cc1ccc(OCc2ccccc2)c(OCc2ccccc2)c1)c1ccc(Cl)cc1. The van der Waals surface area contributed by atoms with Crippen molar-refractivity contribution in [3.8, 4) is 11.5 Å². The Labute approximate surface area is 198 Å². The summed E-state index contributed by atoms with van der Waals surface area (Å²) in [6.45, 7) is 0.853. The minimum atomic E-state index is -0.0946. The Bertz CT molecular complexity index is 1220. The number of hydrogen-bond acceptors (Lipinski definition) is 3. The first-order valence-electron chi connectivity index (χ1n) is 10.6. The first kappa shape index (κ1) is 22.4. The van der Waals surface area contributed by atoms with Crippen LogP contribution in [-0.2, 0) is 13.2 Å². The summed E-state index contributed by atoms with van der Waals surface area (Å²) in [7, 11) is 0. The van der Waals surface area contributed by atoms with Crippen molar-refractivity contribution in [1.82, 2.24) is 0 Å². The van der Waals surface area contributed by atoms with E-state index in [1.165, 1.54) is 0 Å². The number of halogens is 1. The molecule has 0 radical (unpaired) electrons. The maximum absolute atomic E-state index is 12.5. The van der Waals surface area contributed by atoms with Gasteiger partial charge < -0.3 is 9.47 Å². The monoisotopic (exact) mass is 454 g/mol. The second-order valence-electron chi connectivity index (χ2n) is 7.46. The quantitative estimate of drug-likeness (QED) is 0.195. The molecule has 4 aromatic rings. The number of benzene rings is 4. The number of carbonyl (C=O) groups excluding carboxylic acids is 1. The lowest BCUT2D eigenvalue weighted by Gasteiger charge is -2.14. The largest absolute Gasteiger partial charge is 0.485 e. The van der Waals surface area contributed by atoms with Gasteiger partial charge in [0.2, 0.25) is 0 Å². The fourth-order valence-electron chi connectivity index (χ4n) is 3.21. The highest BCUT2D eigenvalue weighted by atomic mass is 35.5. The molecule has 0 fully saturated rings. The highest BCUT2D eigenvalue weighted by molar-refractivity contribution is 6.30. The van der Waals surface area contributed by atoms with Crippen LogP contribution in [0.5, 0.6) is 11.5 Å². The predicted molar refractivity (Wildman–Crippen MR) is 133 cm³/mol. The molecule has 4 aromatic carbocycles. The van der Waals surface area contributed by atoms with Crippen LogP contribution in [0.3, 0.4) is 0 Å². The van der Waals surface area contributed by atoms with Crippen molar-refractivity contribution < 1.29 is 14.3 Å². The van der Waals surface area contributed by atoms with Crippen LogP contribution >= 0.6 is 11.6 Å². The second-order valence-corrected chi connectivity index (χ2v) is 7.90. The van der Waals surface area contributed by atoms with Crippen LogP contribution in [-0.4, -0.2) is 5.78 Å². The van der Waals surface area contributed by atoms with E-state index in [4.69, 9.17) is 21.1 Å². The van der Waals surface area contributed by atoms with E-state index in [1.807, 2.05) is 78.9 Å². The molecule has 0 aliphatic heterocycles. The first-order valence-corrected chi connectivity index (χ1v) is 11.0. The third kappa shape index (κ3) is 6.58. The Hall–Kier alpha value is -3.82. The van der Waals surface area contributed by atoms with Crippen LogP contribution in [0.15, 0.2) is 109 Å². The molecule has 3 nitrogen and oxygen atoms in total. The summed E-state index contributed by atoms with van der Waals surface area (Å²) >= 11 is 5.91. The van der Waals surface area contributed by atoms with E-state index in [0.717, 1.165) is 16.7 Å². The molecular formula is C29H23ClO3. The Morgan fingerprint density at radius 2 is 1.27 bits per heavy atom. The maximum Gasteiger partial charge on any atom is 0.185 e. The van der Waals surface area contributed by atoms with Gasteiger partial charge in [-0.2, -0.15) is 0 Å². The molecular weight excluding hydrogens is 432 g/mol. The normalized spacial score (nSPS) is 10.8. The third-order valence-electron chi connectivity index (χ3n) is 5.00. The Kier molecular flexibility index (Phi) is 7.57. The van der Waals surface area contributed by atoms with Crippen molar-refractivity contribution in [3.63, 3.8) is 0 Å². The van der Waals surface area contributed by atoms with Crippen LogP contribution in [0.2, 0.25) is 5.02 Å². The van der Waals surface area contributed by atoms with Gasteiger partial charge in [0.15, 0.2) is 17.3 Å². The molecule has 0 heterocycles. The third-order valence-corrected chi connectivity index (χ3v) is 5.25. The molecule has 0 aromatic heterocycles. The number of ether oxygens (including phenoxy) is 2. The summed E-state index contributed by atoms with van der Waals surface area (Å²) in [5.41, 5.74) is 3.56. The highest BCUT2D eigenvalue weighted by Gasteiger charge is 2.08. The van der Waals surface area contributed by atoms with E-state index in [1.54, 1.807) is 36.4 Å². The zero-order valence-electron chi connectivity index (χ0n) is 18.0. The molecule has 33 heavy (non-hydrogen) atoms. The van der Waals surface area contributed by atoms with Crippen molar-refractivity contribution in [3.05, 3.63) is 136 Å². The smallest absolute Gasteiger partial charge is 0.185 e. The van der Waals surface area contributed by atoms with Crippen LogP contribution in [0.4, 0.5) is 0 Å². The van der Waals surface area contributed by atoms with Gasteiger partial charge in [-0.15, -0.1) is 0 Å². The van der Waals surface area contributed by atoms with Gasteiger partial charge in [0.25, 0.3) is 0 Å². The van der Waals surface area contributed by atoms with Crippen molar-refractivity contribution in [2.75, 3.05) is 0 Å². The van der Waals surface area contributed by atoms with Gasteiger partial charge >= 0.3 is 0 Å². The number of allylic oxidation sites excluding steroid dienone is 1. The molecule has 4 heteroatoms. The van der Waals surface area contributed by atoms with Gasteiger partial charge in [0, 0.05) is 10.6 Å². The van der Waals surface area contributed by atoms with Gasteiger partial charge in [0.1, 0.15) is 13.2 Å². The average Bonchev–Trinajstić information content (AvgIpc) is 2.87. The van der Waals surface area contributed by atoms with Crippen molar-refractivity contribution in [2.45, 2.75) is 13.2 Å². The van der Waals surface area contributed by atoms with E-state index in [9.17, 15) is 4.79 Å². The van der Waals surface area contributed by atoms with E-state index in [2.05, 4.69) is 0 Å². The van der Waals surface area contributed by atoms with Crippen LogP contribution in [0, 0.1) is 0 Å². The molecule has 0 aliphatic rings. The van der Waals surface area contributed by atoms with Crippen LogP contribution < -0.4 is 9.47 Å². The minimum absolute atomic E-state index is 0.0946. The molecule has 0 bridgehead atoms. The van der Waals surface area contributed by atoms with Crippen LogP contribution in [0.25, 0.3) is 6.08 Å². The Morgan fingerprint density at radius 3 is 1.88 bits per heavy atom. The lowest BCUT2D eigenvalue weighted by Crippen LogP contribution is -2.01. The molecule has 0 N–H and O–H groups in total. The van der Waals surface area contributed by atoms with E-state index < -0.39 is 0 Å². The summed E-state index contributed by atoms with van der Waals surface area (Å²) in [6.07, 6.45) is 3.32. The highest BCUT2D eigenvalue weighted by Crippen LogP contribution is 2.30. The fraction of sp³-hybridized carbons (Fsp3) is 0.0690. The lowest BCUT2D eigenvalue weighted by molar-refractivity contribution is 0.104. The molecule has 164 valence electrons. The predicted octanol–water partition coefficient (Wildman–Crippen LogP) is 7.39. The molecule has 0 aliphatic carbocycles. The van der Waals surface area contributed by atoms with Crippen molar-refractivity contribution in [1.29, 1.82) is 0 Å². The molecule has 0 spiro atoms. The number of carbonyl (C=O) groups is 1. The Balaban J connectivity index is 1.52. The molecule has 0 amide bonds. The van der Waals surface area contributed by atoms with Crippen molar-refractivity contribution in [2.24, 2.45) is 0 Å². The maximum atomic E-state index is 12.5. The van der Waals surface area contributed by atoms with Gasteiger partial charge in [-0.3, -0.25) is 4.79 Å². The second kappa shape index (κ2) is 11.2. The minimum Gasteiger partial charge on any atom is -0.485 e. The van der Waals surface area contributed by atoms with Gasteiger partial charge in [0.05, 0.1) is 0 Å².